The Morgan fingerprint density at radius 2 is 1.83 bits per heavy atom. The molecule has 23 heavy (non-hydrogen) atoms. The zero-order valence-corrected chi connectivity index (χ0v) is 13.5. The number of hydrogen-bond acceptors (Lipinski definition) is 4. The van der Waals surface area contributed by atoms with Crippen LogP contribution in [-0.4, -0.2) is 11.0 Å². The molecule has 0 radical (unpaired) electrons. The van der Waals surface area contributed by atoms with Crippen LogP contribution in [-0.2, 0) is 21.6 Å². The van der Waals surface area contributed by atoms with Gasteiger partial charge < -0.3 is 4.74 Å². The second kappa shape index (κ2) is 5.78. The van der Waals surface area contributed by atoms with Crippen LogP contribution in [0.1, 0.15) is 29.8 Å². The predicted molar refractivity (Wildman–Crippen MR) is 91.4 cm³/mol. The monoisotopic (exact) mass is 323 g/mol. The number of carbonyl (C=O) groups is 1. The number of para-hydroxylation sites is 1. The fourth-order valence-electron chi connectivity index (χ4n) is 3.15. The van der Waals surface area contributed by atoms with Gasteiger partial charge in [-0.1, -0.05) is 48.9 Å². The van der Waals surface area contributed by atoms with E-state index in [1.54, 1.807) is 11.3 Å². The zero-order valence-electron chi connectivity index (χ0n) is 12.7. The van der Waals surface area contributed by atoms with E-state index in [0.717, 1.165) is 40.1 Å². The van der Waals surface area contributed by atoms with Gasteiger partial charge in [0.2, 0.25) is 0 Å². The van der Waals surface area contributed by atoms with Gasteiger partial charge in [0.05, 0.1) is 15.6 Å². The Balaban J connectivity index is 1.51. The Kier molecular flexibility index (Phi) is 3.62. The van der Waals surface area contributed by atoms with Crippen molar-refractivity contribution in [3.8, 4) is 0 Å². The van der Waals surface area contributed by atoms with E-state index >= 15 is 0 Å². The largest absolute Gasteiger partial charge is 0.458 e. The summed E-state index contributed by atoms with van der Waals surface area (Å²) in [6, 6.07) is 18.0. The molecule has 0 N–H and O–H groups in total. The number of carbonyl (C=O) groups excluding carboxylic acids is 1. The molecule has 116 valence electrons. The van der Waals surface area contributed by atoms with Crippen molar-refractivity contribution in [3.05, 3.63) is 65.2 Å². The van der Waals surface area contributed by atoms with Crippen LogP contribution in [0.4, 0.5) is 0 Å². The van der Waals surface area contributed by atoms with Crippen LogP contribution >= 0.6 is 11.3 Å². The smallest absolute Gasteiger partial charge is 0.316 e. The van der Waals surface area contributed by atoms with Gasteiger partial charge in [0.15, 0.2) is 0 Å². The maximum absolute atomic E-state index is 12.7. The van der Waals surface area contributed by atoms with Crippen molar-refractivity contribution in [1.82, 2.24) is 4.98 Å². The molecule has 2 aromatic carbocycles. The third-order valence-electron chi connectivity index (χ3n) is 4.59. The van der Waals surface area contributed by atoms with Crippen molar-refractivity contribution in [2.24, 2.45) is 0 Å². The molecule has 1 aliphatic rings. The van der Waals surface area contributed by atoms with Gasteiger partial charge in [-0.2, -0.15) is 0 Å². The topological polar surface area (TPSA) is 39.2 Å². The first-order valence-corrected chi connectivity index (χ1v) is 8.67. The molecule has 4 rings (SSSR count). The maximum atomic E-state index is 12.7. The SMILES string of the molecule is O=C(OCc1nc2ccccc2s1)C1(c2ccccc2)CCC1. The third kappa shape index (κ3) is 2.53. The van der Waals surface area contributed by atoms with Gasteiger partial charge >= 0.3 is 5.97 Å². The molecule has 0 bridgehead atoms. The highest BCUT2D eigenvalue weighted by Gasteiger charge is 2.47. The summed E-state index contributed by atoms with van der Waals surface area (Å²) in [5, 5.41) is 0.849. The first kappa shape index (κ1) is 14.4. The number of hydrogen-bond donors (Lipinski definition) is 0. The molecule has 3 nitrogen and oxygen atoms in total. The first-order chi connectivity index (χ1) is 11.3. The van der Waals surface area contributed by atoms with Crippen LogP contribution in [0.3, 0.4) is 0 Å². The van der Waals surface area contributed by atoms with Gasteiger partial charge in [-0.25, -0.2) is 4.98 Å². The molecule has 3 aromatic rings. The molecule has 0 atom stereocenters. The summed E-state index contributed by atoms with van der Waals surface area (Å²) in [7, 11) is 0. The number of thiazole rings is 1. The second-order valence-electron chi connectivity index (χ2n) is 5.95. The van der Waals surface area contributed by atoms with Crippen molar-refractivity contribution in [2.75, 3.05) is 0 Å². The normalized spacial score (nSPS) is 16.0. The van der Waals surface area contributed by atoms with E-state index in [2.05, 4.69) is 4.98 Å². The number of ether oxygens (including phenoxy) is 1. The molecule has 1 saturated carbocycles. The van der Waals surface area contributed by atoms with Gasteiger partial charge in [-0.15, -0.1) is 11.3 Å². The highest BCUT2D eigenvalue weighted by atomic mass is 32.1. The van der Waals surface area contributed by atoms with E-state index in [-0.39, 0.29) is 12.6 Å². The Hall–Kier alpha value is -2.20. The number of benzene rings is 2. The Morgan fingerprint density at radius 1 is 1.09 bits per heavy atom. The Bertz CT molecular complexity index is 804. The molecule has 0 unspecified atom stereocenters. The average molecular weight is 323 g/mol. The molecule has 0 aliphatic heterocycles. The van der Waals surface area contributed by atoms with Gasteiger partial charge in [0.25, 0.3) is 0 Å². The van der Waals surface area contributed by atoms with Crippen molar-refractivity contribution >= 4 is 27.5 Å². The molecule has 0 saturated heterocycles. The van der Waals surface area contributed by atoms with Crippen LogP contribution in [0.25, 0.3) is 10.2 Å². The lowest BCUT2D eigenvalue weighted by atomic mass is 9.64. The number of nitrogens with zero attached hydrogens (tertiary/aromatic N) is 1. The minimum Gasteiger partial charge on any atom is -0.458 e. The van der Waals surface area contributed by atoms with Gasteiger partial charge in [-0.3, -0.25) is 4.79 Å². The summed E-state index contributed by atoms with van der Waals surface area (Å²) >= 11 is 1.58. The predicted octanol–water partition coefficient (Wildman–Crippen LogP) is 4.46. The lowest BCUT2D eigenvalue weighted by molar-refractivity contribution is -0.155. The molecule has 4 heteroatoms. The molecular weight excluding hydrogens is 306 g/mol. The van der Waals surface area contributed by atoms with Gasteiger partial charge in [0.1, 0.15) is 11.6 Å². The summed E-state index contributed by atoms with van der Waals surface area (Å²) in [6.07, 6.45) is 2.82. The highest BCUT2D eigenvalue weighted by Crippen LogP contribution is 2.44. The van der Waals surface area contributed by atoms with Crippen LogP contribution in [0.2, 0.25) is 0 Å². The number of fused-ring (bicyclic) bond motifs is 1. The van der Waals surface area contributed by atoms with Crippen LogP contribution in [0.5, 0.6) is 0 Å². The fourth-order valence-corrected chi connectivity index (χ4v) is 4.03. The number of aromatic nitrogens is 1. The summed E-state index contributed by atoms with van der Waals surface area (Å²) in [5.41, 5.74) is 1.59. The lowest BCUT2D eigenvalue weighted by Gasteiger charge is -2.39. The van der Waals surface area contributed by atoms with Gasteiger partial charge in [0, 0.05) is 0 Å². The van der Waals surface area contributed by atoms with Crippen LogP contribution < -0.4 is 0 Å². The molecule has 1 aliphatic carbocycles. The quantitative estimate of drug-likeness (QED) is 0.665. The molecule has 1 heterocycles. The van der Waals surface area contributed by atoms with Gasteiger partial charge in [-0.05, 0) is 30.5 Å². The molecule has 1 fully saturated rings. The van der Waals surface area contributed by atoms with E-state index in [0.29, 0.717) is 0 Å². The summed E-state index contributed by atoms with van der Waals surface area (Å²) in [4.78, 5) is 17.2. The number of rotatable bonds is 4. The zero-order chi connectivity index (χ0) is 15.7. The average Bonchev–Trinajstić information content (AvgIpc) is 2.96. The fraction of sp³-hybridized carbons (Fsp3) is 0.263. The minimum absolute atomic E-state index is 0.116. The van der Waals surface area contributed by atoms with E-state index in [1.807, 2.05) is 54.6 Å². The molecular formula is C19H17NO2S. The van der Waals surface area contributed by atoms with Crippen molar-refractivity contribution < 1.29 is 9.53 Å². The highest BCUT2D eigenvalue weighted by molar-refractivity contribution is 7.18. The standard InChI is InChI=1S/C19H17NO2S/c21-18(19(11-6-12-19)14-7-2-1-3-8-14)22-13-17-20-15-9-4-5-10-16(15)23-17/h1-5,7-10H,6,11-13H2. The Labute approximate surface area is 138 Å². The lowest BCUT2D eigenvalue weighted by Crippen LogP contribution is -2.43. The maximum Gasteiger partial charge on any atom is 0.316 e. The third-order valence-corrected chi connectivity index (χ3v) is 5.60. The van der Waals surface area contributed by atoms with E-state index in [9.17, 15) is 4.79 Å². The summed E-state index contributed by atoms with van der Waals surface area (Å²) < 4.78 is 6.75. The molecule has 1 aromatic heterocycles. The van der Waals surface area contributed by atoms with Crippen LogP contribution in [0, 0.1) is 0 Å². The van der Waals surface area contributed by atoms with Crippen molar-refractivity contribution in [1.29, 1.82) is 0 Å². The van der Waals surface area contributed by atoms with E-state index < -0.39 is 5.41 Å². The summed E-state index contributed by atoms with van der Waals surface area (Å²) in [5.74, 6) is -0.116. The van der Waals surface area contributed by atoms with E-state index in [4.69, 9.17) is 4.74 Å². The molecule has 0 spiro atoms. The van der Waals surface area contributed by atoms with Crippen molar-refractivity contribution in [3.63, 3.8) is 0 Å². The van der Waals surface area contributed by atoms with Crippen LogP contribution in [0.15, 0.2) is 54.6 Å². The number of esters is 1. The minimum atomic E-state index is -0.446. The first-order valence-electron chi connectivity index (χ1n) is 7.85. The molecule has 0 amide bonds. The second-order valence-corrected chi connectivity index (χ2v) is 7.07. The summed E-state index contributed by atoms with van der Waals surface area (Å²) in [6.45, 7) is 0.257. The van der Waals surface area contributed by atoms with Crippen molar-refractivity contribution in [2.45, 2.75) is 31.3 Å². The van der Waals surface area contributed by atoms with E-state index in [1.165, 1.54) is 0 Å². The Morgan fingerprint density at radius 3 is 2.52 bits per heavy atom.